The lowest BCUT2D eigenvalue weighted by molar-refractivity contribution is 0.0258. The fourth-order valence-electron chi connectivity index (χ4n) is 4.23. The van der Waals surface area contributed by atoms with Crippen molar-refractivity contribution in [3.63, 3.8) is 0 Å². The first-order chi connectivity index (χ1) is 12.7. The minimum Gasteiger partial charge on any atom is -0.493 e. The van der Waals surface area contributed by atoms with Crippen molar-refractivity contribution in [1.82, 2.24) is 4.90 Å². The van der Waals surface area contributed by atoms with E-state index in [1.54, 1.807) is 6.07 Å². The van der Waals surface area contributed by atoms with Crippen LogP contribution in [0, 0.1) is 11.8 Å². The standard InChI is InChI=1S/C21H24N2O3/c24-21(25)22-19-7-3-1-5-17(19)18-6-2-4-8-20(18)26-14-16-13-23-11-9-15(16)10-12-23/h1-8,15-16,22H,9-14H2,(H,24,25). The highest BCUT2D eigenvalue weighted by Gasteiger charge is 2.34. The Morgan fingerprint density at radius 1 is 1.08 bits per heavy atom. The molecule has 3 aliphatic heterocycles. The highest BCUT2D eigenvalue weighted by Crippen LogP contribution is 2.37. The summed E-state index contributed by atoms with van der Waals surface area (Å²) in [7, 11) is 0. The van der Waals surface area contributed by atoms with E-state index in [4.69, 9.17) is 9.84 Å². The molecular weight excluding hydrogens is 328 g/mol. The molecule has 2 aromatic rings. The van der Waals surface area contributed by atoms with Gasteiger partial charge in [0, 0.05) is 23.6 Å². The number of ether oxygens (including phenoxy) is 1. The molecule has 0 radical (unpaired) electrons. The van der Waals surface area contributed by atoms with Gasteiger partial charge in [-0.05, 0) is 44.0 Å². The van der Waals surface area contributed by atoms with Crippen LogP contribution in [0.1, 0.15) is 12.8 Å². The van der Waals surface area contributed by atoms with Crippen molar-refractivity contribution in [2.75, 3.05) is 31.6 Å². The number of piperidine rings is 3. The number of fused-ring (bicyclic) bond motifs is 3. The molecule has 5 rings (SSSR count). The van der Waals surface area contributed by atoms with Gasteiger partial charge in [-0.2, -0.15) is 0 Å². The molecule has 136 valence electrons. The van der Waals surface area contributed by atoms with E-state index in [1.807, 2.05) is 42.5 Å². The molecule has 3 saturated heterocycles. The van der Waals surface area contributed by atoms with E-state index < -0.39 is 6.09 Å². The lowest BCUT2D eigenvalue weighted by Gasteiger charge is -2.44. The maximum atomic E-state index is 11.1. The number of para-hydroxylation sites is 2. The molecule has 0 spiro atoms. The number of nitrogens with one attached hydrogen (secondary N) is 1. The van der Waals surface area contributed by atoms with E-state index in [0.29, 0.717) is 18.2 Å². The zero-order valence-corrected chi connectivity index (χ0v) is 14.7. The Bertz CT molecular complexity index is 784. The van der Waals surface area contributed by atoms with Gasteiger partial charge in [-0.3, -0.25) is 5.32 Å². The summed E-state index contributed by atoms with van der Waals surface area (Å²) in [4.78, 5) is 13.6. The quantitative estimate of drug-likeness (QED) is 0.848. The van der Waals surface area contributed by atoms with Crippen LogP contribution >= 0.6 is 0 Å². The minimum absolute atomic E-state index is 0.568. The average Bonchev–Trinajstić information content (AvgIpc) is 2.68. The summed E-state index contributed by atoms with van der Waals surface area (Å²) in [6, 6.07) is 15.3. The van der Waals surface area contributed by atoms with Gasteiger partial charge in [-0.25, -0.2) is 4.79 Å². The molecule has 2 bridgehead atoms. The second kappa shape index (κ2) is 7.38. The molecule has 0 aliphatic carbocycles. The summed E-state index contributed by atoms with van der Waals surface area (Å²) in [6.07, 6.45) is 1.49. The highest BCUT2D eigenvalue weighted by molar-refractivity contribution is 5.91. The van der Waals surface area contributed by atoms with Gasteiger partial charge in [0.15, 0.2) is 0 Å². The summed E-state index contributed by atoms with van der Waals surface area (Å²) in [5.41, 5.74) is 2.32. The van der Waals surface area contributed by atoms with Gasteiger partial charge in [-0.15, -0.1) is 0 Å². The van der Waals surface area contributed by atoms with Crippen LogP contribution in [0.5, 0.6) is 5.75 Å². The second-order valence-electron chi connectivity index (χ2n) is 7.18. The maximum absolute atomic E-state index is 11.1. The van der Waals surface area contributed by atoms with E-state index >= 15 is 0 Å². The van der Waals surface area contributed by atoms with E-state index in [1.165, 1.54) is 25.9 Å². The smallest absolute Gasteiger partial charge is 0.409 e. The van der Waals surface area contributed by atoms with Crippen LogP contribution in [-0.4, -0.2) is 42.3 Å². The van der Waals surface area contributed by atoms with Crippen LogP contribution in [0.4, 0.5) is 10.5 Å². The minimum atomic E-state index is -1.07. The number of hydrogen-bond acceptors (Lipinski definition) is 3. The van der Waals surface area contributed by atoms with Crippen LogP contribution in [0.2, 0.25) is 0 Å². The molecule has 5 nitrogen and oxygen atoms in total. The number of rotatable bonds is 5. The zero-order valence-electron chi connectivity index (χ0n) is 14.7. The van der Waals surface area contributed by atoms with Gasteiger partial charge < -0.3 is 14.7 Å². The summed E-state index contributed by atoms with van der Waals surface area (Å²) >= 11 is 0. The third-order valence-electron chi connectivity index (χ3n) is 5.59. The maximum Gasteiger partial charge on any atom is 0.409 e. The fraction of sp³-hybridized carbons (Fsp3) is 0.381. The van der Waals surface area contributed by atoms with Crippen LogP contribution in [-0.2, 0) is 0 Å². The van der Waals surface area contributed by atoms with Crippen molar-refractivity contribution in [2.45, 2.75) is 12.8 Å². The third-order valence-corrected chi connectivity index (χ3v) is 5.59. The molecule has 0 aromatic heterocycles. The Kier molecular flexibility index (Phi) is 4.80. The number of carbonyl (C=O) groups is 1. The van der Waals surface area contributed by atoms with Gasteiger partial charge in [0.05, 0.1) is 12.3 Å². The number of hydrogen-bond donors (Lipinski definition) is 2. The number of amides is 1. The first kappa shape index (κ1) is 16.9. The van der Waals surface area contributed by atoms with Crippen molar-refractivity contribution in [2.24, 2.45) is 11.8 Å². The van der Waals surface area contributed by atoms with Crippen LogP contribution in [0.15, 0.2) is 48.5 Å². The van der Waals surface area contributed by atoms with Gasteiger partial charge in [0.25, 0.3) is 0 Å². The van der Waals surface area contributed by atoms with Gasteiger partial charge >= 0.3 is 6.09 Å². The second-order valence-corrected chi connectivity index (χ2v) is 7.18. The van der Waals surface area contributed by atoms with Crippen molar-refractivity contribution in [3.8, 4) is 16.9 Å². The van der Waals surface area contributed by atoms with Gasteiger partial charge in [0.2, 0.25) is 0 Å². The van der Waals surface area contributed by atoms with E-state index in [2.05, 4.69) is 10.2 Å². The summed E-state index contributed by atoms with van der Waals surface area (Å²) in [5, 5.41) is 11.6. The first-order valence-electron chi connectivity index (χ1n) is 9.24. The molecule has 1 amide bonds. The molecule has 26 heavy (non-hydrogen) atoms. The lowest BCUT2D eigenvalue weighted by atomic mass is 9.79. The number of nitrogens with zero attached hydrogens (tertiary/aromatic N) is 1. The van der Waals surface area contributed by atoms with Crippen LogP contribution < -0.4 is 10.1 Å². The van der Waals surface area contributed by atoms with Gasteiger partial charge in [-0.1, -0.05) is 36.4 Å². The Balaban J connectivity index is 1.55. The fourth-order valence-corrected chi connectivity index (χ4v) is 4.23. The van der Waals surface area contributed by atoms with Crippen molar-refractivity contribution in [1.29, 1.82) is 0 Å². The Morgan fingerprint density at radius 3 is 2.46 bits per heavy atom. The molecular formula is C21H24N2O3. The molecule has 1 unspecified atom stereocenters. The Labute approximate surface area is 153 Å². The average molecular weight is 352 g/mol. The number of benzene rings is 2. The molecule has 3 aliphatic rings. The Morgan fingerprint density at radius 2 is 1.77 bits per heavy atom. The molecule has 2 aromatic carbocycles. The lowest BCUT2D eigenvalue weighted by Crippen LogP contribution is -2.49. The van der Waals surface area contributed by atoms with Crippen LogP contribution in [0.3, 0.4) is 0 Å². The molecule has 5 heteroatoms. The molecule has 1 atom stereocenters. The summed E-state index contributed by atoms with van der Waals surface area (Å²) < 4.78 is 6.24. The third kappa shape index (κ3) is 3.53. The van der Waals surface area contributed by atoms with E-state index in [0.717, 1.165) is 29.3 Å². The molecule has 2 N–H and O–H groups in total. The topological polar surface area (TPSA) is 61.8 Å². The van der Waals surface area contributed by atoms with Crippen molar-refractivity contribution < 1.29 is 14.6 Å². The first-order valence-corrected chi connectivity index (χ1v) is 9.24. The normalized spacial score (nSPS) is 24.2. The van der Waals surface area contributed by atoms with Crippen molar-refractivity contribution >= 4 is 11.8 Å². The largest absolute Gasteiger partial charge is 0.493 e. The highest BCUT2D eigenvalue weighted by atomic mass is 16.5. The molecule has 3 fully saturated rings. The summed E-state index contributed by atoms with van der Waals surface area (Å²) in [5.74, 6) is 2.16. The zero-order chi connectivity index (χ0) is 17.9. The molecule has 0 saturated carbocycles. The number of carboxylic acid groups (broad SMARTS) is 1. The van der Waals surface area contributed by atoms with Crippen molar-refractivity contribution in [3.05, 3.63) is 48.5 Å². The van der Waals surface area contributed by atoms with E-state index in [-0.39, 0.29) is 0 Å². The predicted molar refractivity (Wildman–Crippen MR) is 102 cm³/mol. The monoisotopic (exact) mass is 352 g/mol. The van der Waals surface area contributed by atoms with E-state index in [9.17, 15) is 4.79 Å². The van der Waals surface area contributed by atoms with Gasteiger partial charge in [0.1, 0.15) is 5.75 Å². The Hall–Kier alpha value is -2.53. The SMILES string of the molecule is O=C(O)Nc1ccccc1-c1ccccc1OCC1CN2CCC1CC2. The number of anilines is 1. The van der Waals surface area contributed by atoms with Crippen LogP contribution in [0.25, 0.3) is 11.1 Å². The summed E-state index contributed by atoms with van der Waals surface area (Å²) in [6.45, 7) is 4.30. The molecule has 3 heterocycles. The predicted octanol–water partition coefficient (Wildman–Crippen LogP) is 4.16.